The van der Waals surface area contributed by atoms with Crippen molar-refractivity contribution in [1.82, 2.24) is 5.43 Å². The number of nitrogens with one attached hydrogen (secondary N) is 2. The Morgan fingerprint density at radius 1 is 1.10 bits per heavy atom. The van der Waals surface area contributed by atoms with Crippen LogP contribution in [0.1, 0.15) is 18.1 Å². The summed E-state index contributed by atoms with van der Waals surface area (Å²) in [6, 6.07) is 15.0. The van der Waals surface area contributed by atoms with Crippen molar-refractivity contribution in [3.63, 3.8) is 0 Å². The van der Waals surface area contributed by atoms with E-state index < -0.39 is 0 Å². The van der Waals surface area contributed by atoms with Gasteiger partial charge in [-0.3, -0.25) is 0 Å². The van der Waals surface area contributed by atoms with E-state index >= 15 is 0 Å². The van der Waals surface area contributed by atoms with Gasteiger partial charge in [0.25, 0.3) is 0 Å². The van der Waals surface area contributed by atoms with Gasteiger partial charge < -0.3 is 5.32 Å². The molecule has 2 aromatic rings. The molecule has 0 aliphatic rings. The first-order chi connectivity index (χ1) is 10.1. The molecule has 0 aliphatic carbocycles. The van der Waals surface area contributed by atoms with Crippen molar-refractivity contribution in [3.05, 3.63) is 64.1 Å². The Balaban J connectivity index is 1.98. The SMILES string of the molecule is C/C(=N\NC(=O)Nc1ccccc1C)c1ccc(Br)cc1. The van der Waals surface area contributed by atoms with E-state index in [0.29, 0.717) is 0 Å². The largest absolute Gasteiger partial charge is 0.339 e. The van der Waals surface area contributed by atoms with Crippen molar-refractivity contribution < 1.29 is 4.79 Å². The smallest absolute Gasteiger partial charge is 0.306 e. The van der Waals surface area contributed by atoms with Crippen LogP contribution in [0.4, 0.5) is 10.5 Å². The number of carbonyl (C=O) groups is 1. The van der Waals surface area contributed by atoms with Gasteiger partial charge in [-0.25, -0.2) is 10.2 Å². The summed E-state index contributed by atoms with van der Waals surface area (Å²) in [5.41, 5.74) is 5.96. The minimum atomic E-state index is -0.360. The summed E-state index contributed by atoms with van der Waals surface area (Å²) >= 11 is 3.38. The van der Waals surface area contributed by atoms with E-state index in [1.54, 1.807) is 0 Å². The van der Waals surface area contributed by atoms with Crippen molar-refractivity contribution in [2.75, 3.05) is 5.32 Å². The summed E-state index contributed by atoms with van der Waals surface area (Å²) in [5.74, 6) is 0. The van der Waals surface area contributed by atoms with Crippen LogP contribution >= 0.6 is 15.9 Å². The fourth-order valence-corrected chi connectivity index (χ4v) is 2.02. The molecule has 5 heteroatoms. The number of nitrogens with zero attached hydrogens (tertiary/aromatic N) is 1. The second kappa shape index (κ2) is 7.04. The predicted octanol–water partition coefficient (Wildman–Crippen LogP) is 4.30. The highest BCUT2D eigenvalue weighted by molar-refractivity contribution is 9.10. The van der Waals surface area contributed by atoms with E-state index in [4.69, 9.17) is 0 Å². The molecule has 0 atom stereocenters. The molecule has 0 radical (unpaired) electrons. The number of rotatable bonds is 3. The fraction of sp³-hybridized carbons (Fsp3) is 0.125. The molecule has 2 N–H and O–H groups in total. The zero-order chi connectivity index (χ0) is 15.2. The minimum absolute atomic E-state index is 0.360. The molecule has 4 nitrogen and oxygen atoms in total. The Morgan fingerprint density at radius 2 is 1.76 bits per heavy atom. The van der Waals surface area contributed by atoms with Crippen LogP contribution in [0.15, 0.2) is 58.1 Å². The zero-order valence-corrected chi connectivity index (χ0v) is 13.4. The molecule has 0 bridgehead atoms. The highest BCUT2D eigenvalue weighted by atomic mass is 79.9. The van der Waals surface area contributed by atoms with Crippen LogP contribution < -0.4 is 10.7 Å². The lowest BCUT2D eigenvalue weighted by atomic mass is 10.1. The van der Waals surface area contributed by atoms with Crippen LogP contribution in [0.25, 0.3) is 0 Å². The highest BCUT2D eigenvalue weighted by Gasteiger charge is 2.03. The van der Waals surface area contributed by atoms with E-state index in [2.05, 4.69) is 31.8 Å². The summed E-state index contributed by atoms with van der Waals surface area (Å²) in [6.07, 6.45) is 0. The van der Waals surface area contributed by atoms with Crippen molar-refractivity contribution >= 4 is 33.4 Å². The van der Waals surface area contributed by atoms with Gasteiger partial charge in [-0.1, -0.05) is 46.3 Å². The number of hydrazone groups is 1. The van der Waals surface area contributed by atoms with Gasteiger partial charge in [0.15, 0.2) is 0 Å². The third kappa shape index (κ3) is 4.43. The first-order valence-electron chi connectivity index (χ1n) is 6.49. The molecule has 0 saturated carbocycles. The molecule has 0 aliphatic heterocycles. The van der Waals surface area contributed by atoms with Gasteiger partial charge >= 0.3 is 6.03 Å². The second-order valence-corrected chi connectivity index (χ2v) is 5.50. The number of carbonyl (C=O) groups excluding carboxylic acids is 1. The molecule has 108 valence electrons. The lowest BCUT2D eigenvalue weighted by Gasteiger charge is -2.07. The number of hydrogen-bond donors (Lipinski definition) is 2. The average molecular weight is 346 g/mol. The second-order valence-electron chi connectivity index (χ2n) is 4.58. The van der Waals surface area contributed by atoms with Gasteiger partial charge in [-0.05, 0) is 43.2 Å². The number of anilines is 1. The first kappa shape index (κ1) is 15.3. The standard InChI is InChI=1S/C16H16BrN3O/c1-11-5-3-4-6-15(11)18-16(21)20-19-12(2)13-7-9-14(17)10-8-13/h3-10H,1-2H3,(H2,18,20,21)/b19-12+. The summed E-state index contributed by atoms with van der Waals surface area (Å²) < 4.78 is 1.00. The predicted molar refractivity (Wildman–Crippen MR) is 89.7 cm³/mol. The molecule has 2 amide bonds. The summed E-state index contributed by atoms with van der Waals surface area (Å²) in [7, 11) is 0. The Kier molecular flexibility index (Phi) is 5.11. The molecule has 0 spiro atoms. The fourth-order valence-electron chi connectivity index (χ4n) is 1.75. The van der Waals surface area contributed by atoms with Crippen LogP contribution in [0, 0.1) is 6.92 Å². The van der Waals surface area contributed by atoms with Crippen LogP contribution in [-0.4, -0.2) is 11.7 Å². The summed E-state index contributed by atoms with van der Waals surface area (Å²) in [5, 5.41) is 6.85. The van der Waals surface area contributed by atoms with Gasteiger partial charge in [0.05, 0.1) is 5.71 Å². The van der Waals surface area contributed by atoms with E-state index in [0.717, 1.165) is 27.0 Å². The monoisotopic (exact) mass is 345 g/mol. The van der Waals surface area contributed by atoms with Gasteiger partial charge in [0, 0.05) is 10.2 Å². The van der Waals surface area contributed by atoms with E-state index in [-0.39, 0.29) is 6.03 Å². The van der Waals surface area contributed by atoms with E-state index in [1.165, 1.54) is 0 Å². The number of aryl methyl sites for hydroxylation is 1. The normalized spacial score (nSPS) is 11.1. The number of benzene rings is 2. The zero-order valence-electron chi connectivity index (χ0n) is 11.9. The van der Waals surface area contributed by atoms with Crippen LogP contribution in [0.5, 0.6) is 0 Å². The van der Waals surface area contributed by atoms with Gasteiger partial charge in [0.1, 0.15) is 0 Å². The molecule has 0 saturated heterocycles. The van der Waals surface area contributed by atoms with Crippen LogP contribution in [-0.2, 0) is 0 Å². The third-order valence-corrected chi connectivity index (χ3v) is 3.51. The third-order valence-electron chi connectivity index (χ3n) is 2.98. The molecular formula is C16H16BrN3O. The first-order valence-corrected chi connectivity index (χ1v) is 7.28. The topological polar surface area (TPSA) is 53.5 Å². The number of urea groups is 1. The Bertz CT molecular complexity index is 665. The van der Waals surface area contributed by atoms with Gasteiger partial charge in [0.2, 0.25) is 0 Å². The van der Waals surface area contributed by atoms with Crippen molar-refractivity contribution in [3.8, 4) is 0 Å². The van der Waals surface area contributed by atoms with E-state index in [9.17, 15) is 4.79 Å². The lowest BCUT2D eigenvalue weighted by molar-refractivity contribution is 0.252. The molecule has 0 fully saturated rings. The van der Waals surface area contributed by atoms with Crippen LogP contribution in [0.3, 0.4) is 0 Å². The summed E-state index contributed by atoms with van der Waals surface area (Å²) in [6.45, 7) is 3.78. The Morgan fingerprint density at radius 3 is 2.43 bits per heavy atom. The Labute approximate surface area is 132 Å². The molecule has 0 heterocycles. The number of halogens is 1. The Hall–Kier alpha value is -2.14. The van der Waals surface area contributed by atoms with Crippen molar-refractivity contribution in [2.24, 2.45) is 5.10 Å². The number of amides is 2. The minimum Gasteiger partial charge on any atom is -0.306 e. The van der Waals surface area contributed by atoms with Crippen LogP contribution in [0.2, 0.25) is 0 Å². The highest BCUT2D eigenvalue weighted by Crippen LogP contribution is 2.13. The molecule has 0 aromatic heterocycles. The maximum Gasteiger partial charge on any atom is 0.339 e. The van der Waals surface area contributed by atoms with Gasteiger partial charge in [-0.15, -0.1) is 0 Å². The van der Waals surface area contributed by atoms with E-state index in [1.807, 2.05) is 62.4 Å². The number of hydrogen-bond acceptors (Lipinski definition) is 2. The average Bonchev–Trinajstić information content (AvgIpc) is 2.48. The lowest BCUT2D eigenvalue weighted by Crippen LogP contribution is -2.25. The molecule has 2 rings (SSSR count). The summed E-state index contributed by atoms with van der Waals surface area (Å²) in [4.78, 5) is 11.8. The van der Waals surface area contributed by atoms with Crippen molar-refractivity contribution in [2.45, 2.75) is 13.8 Å². The molecule has 2 aromatic carbocycles. The maximum absolute atomic E-state index is 11.8. The molecule has 0 unspecified atom stereocenters. The maximum atomic E-state index is 11.8. The molecular weight excluding hydrogens is 330 g/mol. The van der Waals surface area contributed by atoms with Crippen molar-refractivity contribution in [1.29, 1.82) is 0 Å². The molecule has 21 heavy (non-hydrogen) atoms. The quantitative estimate of drug-likeness (QED) is 0.632. The number of para-hydroxylation sites is 1. The van der Waals surface area contributed by atoms with Gasteiger partial charge in [-0.2, -0.15) is 5.10 Å².